The third kappa shape index (κ3) is 7.67. The summed E-state index contributed by atoms with van der Waals surface area (Å²) in [4.78, 5) is 22.4. The quantitative estimate of drug-likeness (QED) is 0.260. The summed E-state index contributed by atoms with van der Waals surface area (Å²) < 4.78 is 5.15. The maximum Gasteiger partial charge on any atom is 0.338 e. The van der Waals surface area contributed by atoms with Gasteiger partial charge in [0.25, 0.3) is 0 Å². The van der Waals surface area contributed by atoms with Gasteiger partial charge in [0, 0.05) is 0 Å². The molecule has 0 aromatic heterocycles. The van der Waals surface area contributed by atoms with E-state index in [9.17, 15) is 4.79 Å². The second-order valence-electron chi connectivity index (χ2n) is 5.09. The highest BCUT2D eigenvalue weighted by atomic mass is 17.2. The molecule has 1 atom stereocenters. The number of hydrogen-bond acceptors (Lipinski definition) is 4. The Hall–Kier alpha value is -0.610. The molecule has 0 aliphatic carbocycles. The van der Waals surface area contributed by atoms with Gasteiger partial charge in [-0.05, 0) is 33.1 Å². The van der Waals surface area contributed by atoms with Crippen LogP contribution < -0.4 is 0 Å². The third-order valence-electron chi connectivity index (χ3n) is 2.80. The average Bonchev–Trinajstić information content (AvgIpc) is 2.34. The molecule has 0 amide bonds. The Kier molecular flexibility index (Phi) is 9.02. The topological polar surface area (TPSA) is 44.8 Å². The second kappa shape index (κ2) is 9.34. The van der Waals surface area contributed by atoms with Crippen molar-refractivity contribution in [1.82, 2.24) is 0 Å². The van der Waals surface area contributed by atoms with Gasteiger partial charge in [0.05, 0.1) is 12.2 Å². The monoisotopic (exact) mass is 260 g/mol. The SMILES string of the molecule is CCCCOC(=O)C(CCC)OOC(C)(C)CC. The highest BCUT2D eigenvalue weighted by molar-refractivity contribution is 5.74. The van der Waals surface area contributed by atoms with Crippen molar-refractivity contribution < 1.29 is 19.3 Å². The van der Waals surface area contributed by atoms with Crippen LogP contribution in [0.1, 0.15) is 66.7 Å². The Morgan fingerprint density at radius 2 is 1.83 bits per heavy atom. The minimum absolute atomic E-state index is 0.322. The summed E-state index contributed by atoms with van der Waals surface area (Å²) in [5.74, 6) is -0.322. The van der Waals surface area contributed by atoms with Gasteiger partial charge < -0.3 is 4.74 Å². The zero-order valence-electron chi connectivity index (χ0n) is 12.5. The molecular formula is C14H28O4. The molecule has 0 N–H and O–H groups in total. The summed E-state index contributed by atoms with van der Waals surface area (Å²) in [6, 6.07) is 0. The first-order valence-corrected chi connectivity index (χ1v) is 6.98. The highest BCUT2D eigenvalue weighted by Gasteiger charge is 2.25. The molecule has 0 rings (SSSR count). The lowest BCUT2D eigenvalue weighted by Crippen LogP contribution is -2.32. The zero-order chi connectivity index (χ0) is 14.0. The van der Waals surface area contributed by atoms with Crippen LogP contribution in [0.2, 0.25) is 0 Å². The van der Waals surface area contributed by atoms with Crippen LogP contribution >= 0.6 is 0 Å². The molecule has 0 aromatic rings. The van der Waals surface area contributed by atoms with Crippen molar-refractivity contribution in [3.8, 4) is 0 Å². The van der Waals surface area contributed by atoms with Gasteiger partial charge in [-0.15, -0.1) is 0 Å². The van der Waals surface area contributed by atoms with E-state index in [1.54, 1.807) is 0 Å². The fourth-order valence-electron chi connectivity index (χ4n) is 1.12. The van der Waals surface area contributed by atoms with E-state index in [4.69, 9.17) is 14.5 Å². The number of hydrogen-bond donors (Lipinski definition) is 0. The van der Waals surface area contributed by atoms with Gasteiger partial charge in [-0.25, -0.2) is 14.6 Å². The molecule has 0 aliphatic heterocycles. The van der Waals surface area contributed by atoms with Crippen LogP contribution in [0.3, 0.4) is 0 Å². The number of carbonyl (C=O) groups is 1. The Bertz CT molecular complexity index is 226. The van der Waals surface area contributed by atoms with Crippen molar-refractivity contribution in [1.29, 1.82) is 0 Å². The van der Waals surface area contributed by atoms with Crippen molar-refractivity contribution in [2.75, 3.05) is 6.61 Å². The van der Waals surface area contributed by atoms with Crippen LogP contribution in [0, 0.1) is 0 Å². The number of rotatable bonds is 10. The van der Waals surface area contributed by atoms with Gasteiger partial charge in [0.15, 0.2) is 6.10 Å². The maximum atomic E-state index is 11.8. The largest absolute Gasteiger partial charge is 0.464 e. The summed E-state index contributed by atoms with van der Waals surface area (Å²) in [5.41, 5.74) is -0.379. The van der Waals surface area contributed by atoms with Gasteiger partial charge in [-0.1, -0.05) is 33.6 Å². The molecule has 0 heterocycles. The van der Waals surface area contributed by atoms with Crippen LogP contribution in [-0.2, 0) is 19.3 Å². The van der Waals surface area contributed by atoms with Gasteiger partial charge in [-0.3, -0.25) is 0 Å². The van der Waals surface area contributed by atoms with E-state index >= 15 is 0 Å². The predicted octanol–water partition coefficient (Wildman–Crippen LogP) is 3.64. The fraction of sp³-hybridized carbons (Fsp3) is 0.929. The summed E-state index contributed by atoms with van der Waals surface area (Å²) in [7, 11) is 0. The molecule has 1 unspecified atom stereocenters. The summed E-state index contributed by atoms with van der Waals surface area (Å²) >= 11 is 0. The molecule has 0 aromatic carbocycles. The number of esters is 1. The third-order valence-corrected chi connectivity index (χ3v) is 2.80. The summed E-state index contributed by atoms with van der Waals surface area (Å²) in [6.07, 6.45) is 3.56. The smallest absolute Gasteiger partial charge is 0.338 e. The number of carbonyl (C=O) groups excluding carboxylic acids is 1. The molecule has 0 bridgehead atoms. The Morgan fingerprint density at radius 1 is 1.17 bits per heavy atom. The lowest BCUT2D eigenvalue weighted by molar-refractivity contribution is -0.373. The molecule has 0 radical (unpaired) electrons. The first-order valence-electron chi connectivity index (χ1n) is 6.98. The minimum atomic E-state index is -0.613. The standard InChI is InChI=1S/C14H28O4/c1-6-9-11-16-13(15)12(10-7-2)17-18-14(4,5)8-3/h12H,6-11H2,1-5H3. The lowest BCUT2D eigenvalue weighted by atomic mass is 10.1. The van der Waals surface area contributed by atoms with E-state index < -0.39 is 6.10 Å². The number of unbranched alkanes of at least 4 members (excludes halogenated alkanes) is 1. The van der Waals surface area contributed by atoms with Crippen LogP contribution in [0.15, 0.2) is 0 Å². The normalized spacial score (nSPS) is 13.4. The Labute approximate surface area is 111 Å². The van der Waals surface area contributed by atoms with Crippen molar-refractivity contribution in [2.24, 2.45) is 0 Å². The van der Waals surface area contributed by atoms with Crippen LogP contribution in [0.25, 0.3) is 0 Å². The van der Waals surface area contributed by atoms with Crippen molar-refractivity contribution in [2.45, 2.75) is 78.4 Å². The molecule has 108 valence electrons. The van der Waals surface area contributed by atoms with E-state index in [1.807, 2.05) is 27.7 Å². The van der Waals surface area contributed by atoms with Crippen LogP contribution in [0.4, 0.5) is 0 Å². The molecule has 0 spiro atoms. The lowest BCUT2D eigenvalue weighted by Gasteiger charge is -2.24. The van der Waals surface area contributed by atoms with Crippen molar-refractivity contribution in [3.63, 3.8) is 0 Å². The fourth-order valence-corrected chi connectivity index (χ4v) is 1.12. The van der Waals surface area contributed by atoms with E-state index in [1.165, 1.54) is 0 Å². The molecule has 4 nitrogen and oxygen atoms in total. The molecule has 0 saturated heterocycles. The van der Waals surface area contributed by atoms with E-state index in [0.717, 1.165) is 25.7 Å². The Morgan fingerprint density at radius 3 is 2.33 bits per heavy atom. The predicted molar refractivity (Wildman–Crippen MR) is 71.1 cm³/mol. The molecule has 0 aliphatic rings. The van der Waals surface area contributed by atoms with E-state index in [0.29, 0.717) is 13.0 Å². The zero-order valence-corrected chi connectivity index (χ0v) is 12.5. The average molecular weight is 260 g/mol. The van der Waals surface area contributed by atoms with E-state index in [2.05, 4.69) is 6.92 Å². The maximum absolute atomic E-state index is 11.8. The van der Waals surface area contributed by atoms with Crippen LogP contribution in [-0.4, -0.2) is 24.3 Å². The van der Waals surface area contributed by atoms with Crippen molar-refractivity contribution >= 4 is 5.97 Å². The molecular weight excluding hydrogens is 232 g/mol. The number of ether oxygens (including phenoxy) is 1. The summed E-state index contributed by atoms with van der Waals surface area (Å²) in [5, 5.41) is 0. The minimum Gasteiger partial charge on any atom is -0.464 e. The highest BCUT2D eigenvalue weighted by Crippen LogP contribution is 2.17. The second-order valence-corrected chi connectivity index (χ2v) is 5.09. The molecule has 0 saturated carbocycles. The van der Waals surface area contributed by atoms with Gasteiger partial charge in [0.2, 0.25) is 0 Å². The van der Waals surface area contributed by atoms with Gasteiger partial charge in [-0.2, -0.15) is 0 Å². The van der Waals surface area contributed by atoms with E-state index in [-0.39, 0.29) is 11.6 Å². The first-order chi connectivity index (χ1) is 8.46. The first kappa shape index (κ1) is 17.4. The molecule has 0 fully saturated rings. The molecule has 4 heteroatoms. The van der Waals surface area contributed by atoms with Gasteiger partial charge in [0.1, 0.15) is 0 Å². The van der Waals surface area contributed by atoms with Crippen LogP contribution in [0.5, 0.6) is 0 Å². The molecule has 18 heavy (non-hydrogen) atoms. The Balaban J connectivity index is 4.16. The summed E-state index contributed by atoms with van der Waals surface area (Å²) in [6.45, 7) is 10.4. The van der Waals surface area contributed by atoms with Gasteiger partial charge >= 0.3 is 5.97 Å². The van der Waals surface area contributed by atoms with Crippen molar-refractivity contribution in [3.05, 3.63) is 0 Å².